The van der Waals surface area contributed by atoms with Gasteiger partial charge < -0.3 is 4.74 Å². The van der Waals surface area contributed by atoms with E-state index >= 15 is 0 Å². The van der Waals surface area contributed by atoms with Crippen molar-refractivity contribution in [2.24, 2.45) is 23.7 Å². The van der Waals surface area contributed by atoms with E-state index in [0.717, 1.165) is 38.0 Å². The fourth-order valence-corrected chi connectivity index (χ4v) is 5.75. The fraction of sp³-hybridized carbons (Fsp3) is 0.926. The zero-order valence-corrected chi connectivity index (χ0v) is 19.8. The summed E-state index contributed by atoms with van der Waals surface area (Å²) in [5.41, 5.74) is 0. The third kappa shape index (κ3) is 8.64. The predicted molar refractivity (Wildman–Crippen MR) is 123 cm³/mol. The van der Waals surface area contributed by atoms with Crippen LogP contribution in [0.15, 0.2) is 0 Å². The SMILES string of the molecule is C#CC(CCCCC)OC1CCC(CCCC(CCF)C2CCC(C)CC2)C(F)C1F. The summed E-state index contributed by atoms with van der Waals surface area (Å²) >= 11 is 0. The molecule has 2 fully saturated rings. The highest BCUT2D eigenvalue weighted by Gasteiger charge is 2.41. The molecule has 0 N–H and O–H groups in total. The van der Waals surface area contributed by atoms with E-state index in [4.69, 9.17) is 11.2 Å². The minimum absolute atomic E-state index is 0.253. The average Bonchev–Trinajstić information content (AvgIpc) is 2.77. The van der Waals surface area contributed by atoms with Crippen molar-refractivity contribution >= 4 is 0 Å². The number of halogens is 3. The minimum atomic E-state index is -1.60. The summed E-state index contributed by atoms with van der Waals surface area (Å²) in [5.74, 6) is 4.15. The van der Waals surface area contributed by atoms with Gasteiger partial charge in [0.15, 0.2) is 6.17 Å². The van der Waals surface area contributed by atoms with E-state index < -0.39 is 24.6 Å². The van der Waals surface area contributed by atoms with Crippen molar-refractivity contribution in [2.75, 3.05) is 6.67 Å². The van der Waals surface area contributed by atoms with Gasteiger partial charge in [-0.1, -0.05) is 58.3 Å². The van der Waals surface area contributed by atoms with E-state index in [9.17, 15) is 13.2 Å². The number of hydrogen-bond acceptors (Lipinski definition) is 1. The Bertz CT molecular complexity index is 511. The standard InChI is InChI=1S/C27H45F3O/c1-4-6-7-11-24(5-2)31-25-17-16-23(26(29)27(25)30)10-8-9-21(18-19-28)22-14-12-20(3)13-15-22/h2,20-27H,4,6-19H2,1,3H3. The van der Waals surface area contributed by atoms with Crippen molar-refractivity contribution < 1.29 is 17.9 Å². The molecule has 180 valence electrons. The Morgan fingerprint density at radius 2 is 1.68 bits per heavy atom. The van der Waals surface area contributed by atoms with Crippen LogP contribution < -0.4 is 0 Å². The number of unbranched alkanes of at least 4 members (excludes halogenated alkanes) is 2. The zero-order valence-electron chi connectivity index (χ0n) is 19.8. The molecule has 0 bridgehead atoms. The van der Waals surface area contributed by atoms with E-state index in [2.05, 4.69) is 19.8 Å². The summed E-state index contributed by atoms with van der Waals surface area (Å²) in [6.45, 7) is 4.14. The second-order valence-electron chi connectivity index (χ2n) is 10.2. The van der Waals surface area contributed by atoms with Crippen LogP contribution in [0.3, 0.4) is 0 Å². The summed E-state index contributed by atoms with van der Waals surface area (Å²) < 4.78 is 48.5. The summed E-state index contributed by atoms with van der Waals surface area (Å²) in [5, 5.41) is 0. The van der Waals surface area contributed by atoms with Crippen LogP contribution in [0, 0.1) is 36.0 Å². The molecule has 0 radical (unpaired) electrons. The van der Waals surface area contributed by atoms with Crippen LogP contribution >= 0.6 is 0 Å². The molecule has 2 aliphatic rings. The number of rotatable bonds is 13. The largest absolute Gasteiger partial charge is 0.359 e. The van der Waals surface area contributed by atoms with Gasteiger partial charge >= 0.3 is 0 Å². The summed E-state index contributed by atoms with van der Waals surface area (Å²) in [6, 6.07) is 0. The molecule has 1 nitrogen and oxygen atoms in total. The molecular weight excluding hydrogens is 397 g/mol. The van der Waals surface area contributed by atoms with Gasteiger partial charge in [-0.15, -0.1) is 6.42 Å². The van der Waals surface area contributed by atoms with Crippen LogP contribution in [0.5, 0.6) is 0 Å². The minimum Gasteiger partial charge on any atom is -0.359 e. The van der Waals surface area contributed by atoms with Crippen molar-refractivity contribution in [2.45, 2.75) is 128 Å². The maximum atomic E-state index is 14.9. The molecule has 0 aromatic heterocycles. The molecule has 0 aliphatic heterocycles. The second kappa shape index (κ2) is 14.5. The Balaban J connectivity index is 1.76. The quantitative estimate of drug-likeness (QED) is 0.207. The van der Waals surface area contributed by atoms with Crippen molar-refractivity contribution in [1.29, 1.82) is 0 Å². The van der Waals surface area contributed by atoms with Crippen molar-refractivity contribution in [3.63, 3.8) is 0 Å². The van der Waals surface area contributed by atoms with E-state index in [1.54, 1.807) is 0 Å². The first kappa shape index (κ1) is 26.6. The molecule has 0 heterocycles. The molecule has 0 saturated heterocycles. The Hall–Kier alpha value is -0.690. The molecule has 4 heteroatoms. The summed E-state index contributed by atoms with van der Waals surface area (Å²) in [7, 11) is 0. The first-order valence-electron chi connectivity index (χ1n) is 13.0. The lowest BCUT2D eigenvalue weighted by Gasteiger charge is -2.36. The van der Waals surface area contributed by atoms with Gasteiger partial charge in [-0.3, -0.25) is 4.39 Å². The predicted octanol–water partition coefficient (Wildman–Crippen LogP) is 8.01. The number of ether oxygens (including phenoxy) is 1. The molecule has 2 aliphatic carbocycles. The lowest BCUT2D eigenvalue weighted by atomic mass is 9.73. The van der Waals surface area contributed by atoms with E-state index in [1.165, 1.54) is 25.7 Å². The molecule has 6 unspecified atom stereocenters. The van der Waals surface area contributed by atoms with Gasteiger partial charge in [-0.2, -0.15) is 0 Å². The van der Waals surface area contributed by atoms with Gasteiger partial charge in [0.2, 0.25) is 0 Å². The van der Waals surface area contributed by atoms with Gasteiger partial charge in [0.05, 0.1) is 12.8 Å². The normalized spacial score (nSPS) is 33.5. The summed E-state index contributed by atoms with van der Waals surface area (Å²) in [4.78, 5) is 0. The highest BCUT2D eigenvalue weighted by atomic mass is 19.2. The lowest BCUT2D eigenvalue weighted by molar-refractivity contribution is -0.0930. The van der Waals surface area contributed by atoms with Gasteiger partial charge in [-0.25, -0.2) is 8.78 Å². The molecule has 0 spiro atoms. The fourth-order valence-electron chi connectivity index (χ4n) is 5.75. The lowest BCUT2D eigenvalue weighted by Crippen LogP contribution is -2.44. The molecule has 0 aromatic rings. The monoisotopic (exact) mass is 442 g/mol. The van der Waals surface area contributed by atoms with Gasteiger partial charge in [0, 0.05) is 0 Å². The first-order valence-corrected chi connectivity index (χ1v) is 13.0. The van der Waals surface area contributed by atoms with Gasteiger partial charge in [0.1, 0.15) is 12.3 Å². The van der Waals surface area contributed by atoms with Crippen LogP contribution in [0.2, 0.25) is 0 Å². The number of terminal acetylenes is 1. The molecule has 2 rings (SSSR count). The third-order valence-electron chi connectivity index (χ3n) is 7.88. The molecule has 2 saturated carbocycles. The number of hydrogen-bond donors (Lipinski definition) is 0. The van der Waals surface area contributed by atoms with Crippen LogP contribution in [-0.4, -0.2) is 31.2 Å². The molecule has 0 amide bonds. The average molecular weight is 443 g/mol. The highest BCUT2D eigenvalue weighted by molar-refractivity contribution is 4.97. The third-order valence-corrected chi connectivity index (χ3v) is 7.88. The zero-order chi connectivity index (χ0) is 22.6. The van der Waals surface area contributed by atoms with E-state index in [0.29, 0.717) is 43.9 Å². The highest BCUT2D eigenvalue weighted by Crippen LogP contribution is 2.39. The smallest absolute Gasteiger partial charge is 0.157 e. The van der Waals surface area contributed by atoms with Crippen LogP contribution in [0.1, 0.15) is 104 Å². The topological polar surface area (TPSA) is 9.23 Å². The molecule has 0 aromatic carbocycles. The van der Waals surface area contributed by atoms with E-state index in [-0.39, 0.29) is 12.6 Å². The Morgan fingerprint density at radius 3 is 2.32 bits per heavy atom. The molecular formula is C27H45F3O. The maximum absolute atomic E-state index is 14.9. The number of alkyl halides is 3. The summed E-state index contributed by atoms with van der Waals surface area (Å²) in [6.07, 6.45) is 14.3. The molecule has 6 atom stereocenters. The Labute approximate surface area is 189 Å². The Morgan fingerprint density at radius 1 is 0.935 bits per heavy atom. The van der Waals surface area contributed by atoms with Gasteiger partial charge in [0.25, 0.3) is 0 Å². The van der Waals surface area contributed by atoms with Crippen molar-refractivity contribution in [1.82, 2.24) is 0 Å². The second-order valence-corrected chi connectivity index (χ2v) is 10.2. The van der Waals surface area contributed by atoms with Crippen molar-refractivity contribution in [3.8, 4) is 12.3 Å². The van der Waals surface area contributed by atoms with Crippen LogP contribution in [-0.2, 0) is 4.74 Å². The molecule has 31 heavy (non-hydrogen) atoms. The van der Waals surface area contributed by atoms with Crippen LogP contribution in [0.25, 0.3) is 0 Å². The first-order chi connectivity index (χ1) is 15.0. The maximum Gasteiger partial charge on any atom is 0.157 e. The van der Waals surface area contributed by atoms with Gasteiger partial charge in [-0.05, 0) is 75.0 Å². The van der Waals surface area contributed by atoms with Crippen LogP contribution in [0.4, 0.5) is 13.2 Å². The van der Waals surface area contributed by atoms with E-state index in [1.807, 2.05) is 0 Å². The van der Waals surface area contributed by atoms with Crippen molar-refractivity contribution in [3.05, 3.63) is 0 Å². The Kier molecular flexibility index (Phi) is 12.4.